The van der Waals surface area contributed by atoms with Crippen LogP contribution in [0.25, 0.3) is 0 Å². The molecule has 0 bridgehead atoms. The molecule has 9 heteroatoms. The molecule has 3 rings (SSSR count). The van der Waals surface area contributed by atoms with E-state index in [0.717, 1.165) is 22.6 Å². The van der Waals surface area contributed by atoms with Crippen molar-refractivity contribution in [3.8, 4) is 11.8 Å². The molecule has 1 unspecified atom stereocenters. The predicted molar refractivity (Wildman–Crippen MR) is 134 cm³/mol. The molecule has 0 spiro atoms. The van der Waals surface area contributed by atoms with Crippen molar-refractivity contribution in [1.29, 1.82) is 5.26 Å². The summed E-state index contributed by atoms with van der Waals surface area (Å²) in [6, 6.07) is 17.6. The zero-order chi connectivity index (χ0) is 24.7. The van der Waals surface area contributed by atoms with Gasteiger partial charge in [0.05, 0.1) is 17.7 Å². The Hall–Kier alpha value is -3.51. The number of benzene rings is 2. The van der Waals surface area contributed by atoms with Crippen molar-refractivity contribution < 1.29 is 9.53 Å². The van der Waals surface area contributed by atoms with Gasteiger partial charge in [0.1, 0.15) is 12.4 Å². The number of rotatable bonds is 10. The van der Waals surface area contributed by atoms with Crippen LogP contribution in [0.3, 0.4) is 0 Å². The van der Waals surface area contributed by atoms with Crippen molar-refractivity contribution >= 4 is 23.4 Å². The summed E-state index contributed by atoms with van der Waals surface area (Å²) >= 11 is 1.22. The third-order valence-corrected chi connectivity index (χ3v) is 6.34. The van der Waals surface area contributed by atoms with Crippen LogP contribution in [0.4, 0.5) is 5.69 Å². The normalized spacial score (nSPS) is 11.8. The molecule has 1 atom stereocenters. The summed E-state index contributed by atoms with van der Waals surface area (Å²) < 4.78 is 7.40. The lowest BCUT2D eigenvalue weighted by Crippen LogP contribution is -2.37. The van der Waals surface area contributed by atoms with E-state index in [0.29, 0.717) is 23.4 Å². The molecule has 2 aromatic carbocycles. The van der Waals surface area contributed by atoms with Gasteiger partial charge in [0.25, 0.3) is 0 Å². The van der Waals surface area contributed by atoms with Gasteiger partial charge in [-0.25, -0.2) is 4.68 Å². The second-order valence-corrected chi connectivity index (χ2v) is 9.56. The number of hydrogen-bond donors (Lipinski definition) is 1. The van der Waals surface area contributed by atoms with E-state index < -0.39 is 5.25 Å². The standard InChI is InChI=1S/C25H30N6O2S/c1-17(2)21-12-11-18(3)15-22(21)33-16-23-28-29-25(31(23)27)34-19(4)24(32)30(14-8-13-26)20-9-6-5-7-10-20/h5-7,9-12,15,17,19H,8,14,16,27H2,1-4H3. The number of nitriles is 1. The first-order valence-electron chi connectivity index (χ1n) is 11.1. The topological polar surface area (TPSA) is 110 Å². The zero-order valence-corrected chi connectivity index (χ0v) is 20.7. The number of para-hydroxylation sites is 1. The number of anilines is 1. The van der Waals surface area contributed by atoms with E-state index in [1.54, 1.807) is 11.8 Å². The molecule has 34 heavy (non-hydrogen) atoms. The maximum atomic E-state index is 13.2. The van der Waals surface area contributed by atoms with Crippen molar-refractivity contribution in [1.82, 2.24) is 14.9 Å². The first kappa shape index (κ1) is 25.1. The Morgan fingerprint density at radius 1 is 1.21 bits per heavy atom. The number of nitrogens with zero attached hydrogens (tertiary/aromatic N) is 5. The van der Waals surface area contributed by atoms with Crippen LogP contribution in [0, 0.1) is 18.3 Å². The molecule has 0 aliphatic heterocycles. The van der Waals surface area contributed by atoms with E-state index in [-0.39, 0.29) is 18.9 Å². The Morgan fingerprint density at radius 3 is 2.62 bits per heavy atom. The van der Waals surface area contributed by atoms with Crippen molar-refractivity contribution in [2.45, 2.75) is 57.0 Å². The van der Waals surface area contributed by atoms with Crippen LogP contribution in [-0.2, 0) is 11.4 Å². The Bertz CT molecular complexity index is 1160. The summed E-state index contributed by atoms with van der Waals surface area (Å²) in [6.07, 6.45) is 0.240. The van der Waals surface area contributed by atoms with Gasteiger partial charge in [0.15, 0.2) is 5.82 Å². The molecule has 3 aromatic rings. The first-order valence-corrected chi connectivity index (χ1v) is 12.0. The molecule has 0 aliphatic rings. The molecule has 0 saturated heterocycles. The number of nitrogen functional groups attached to an aromatic ring is 1. The van der Waals surface area contributed by atoms with Gasteiger partial charge in [0, 0.05) is 12.2 Å². The average molecular weight is 479 g/mol. The van der Waals surface area contributed by atoms with Crippen molar-refractivity contribution in [3.63, 3.8) is 0 Å². The SMILES string of the molecule is Cc1ccc(C(C)C)c(OCc2nnc(SC(C)C(=O)N(CCC#N)c3ccccc3)n2N)c1. The highest BCUT2D eigenvalue weighted by atomic mass is 32.2. The fraction of sp³-hybridized carbons (Fsp3) is 0.360. The highest BCUT2D eigenvalue weighted by Crippen LogP contribution is 2.29. The van der Waals surface area contributed by atoms with Gasteiger partial charge in [-0.15, -0.1) is 10.2 Å². The summed E-state index contributed by atoms with van der Waals surface area (Å²) in [5.74, 6) is 7.68. The molecule has 178 valence electrons. The van der Waals surface area contributed by atoms with Crippen molar-refractivity contribution in [2.75, 3.05) is 17.3 Å². The molecular formula is C25H30N6O2S. The smallest absolute Gasteiger partial charge is 0.240 e. The molecule has 1 aromatic heterocycles. The number of aromatic nitrogens is 3. The second-order valence-electron chi connectivity index (χ2n) is 8.25. The molecule has 0 saturated carbocycles. The lowest BCUT2D eigenvalue weighted by molar-refractivity contribution is -0.117. The highest BCUT2D eigenvalue weighted by Gasteiger charge is 2.25. The van der Waals surface area contributed by atoms with Gasteiger partial charge in [-0.1, -0.05) is 55.9 Å². The molecule has 0 aliphatic carbocycles. The lowest BCUT2D eigenvalue weighted by Gasteiger charge is -2.24. The number of hydrogen-bond acceptors (Lipinski definition) is 7. The number of nitrogens with two attached hydrogens (primary N) is 1. The minimum absolute atomic E-state index is 0.131. The van der Waals surface area contributed by atoms with E-state index in [2.05, 4.69) is 42.2 Å². The maximum Gasteiger partial charge on any atom is 0.240 e. The minimum Gasteiger partial charge on any atom is -0.485 e. The van der Waals surface area contributed by atoms with Crippen LogP contribution >= 0.6 is 11.8 Å². The molecule has 0 fully saturated rings. The van der Waals surface area contributed by atoms with Gasteiger partial charge in [-0.3, -0.25) is 4.79 Å². The second kappa shape index (κ2) is 11.6. The van der Waals surface area contributed by atoms with Crippen molar-refractivity contribution in [2.24, 2.45) is 0 Å². The van der Waals surface area contributed by atoms with E-state index in [1.807, 2.05) is 43.3 Å². The number of aryl methyl sites for hydroxylation is 1. The summed E-state index contributed by atoms with van der Waals surface area (Å²) in [5, 5.41) is 17.3. The summed E-state index contributed by atoms with van der Waals surface area (Å²) in [7, 11) is 0. The van der Waals surface area contributed by atoms with Crippen LogP contribution < -0.4 is 15.5 Å². The molecule has 0 radical (unpaired) electrons. The van der Waals surface area contributed by atoms with E-state index >= 15 is 0 Å². The summed E-state index contributed by atoms with van der Waals surface area (Å²) in [5.41, 5.74) is 2.97. The molecule has 1 amide bonds. The van der Waals surface area contributed by atoms with Crippen LogP contribution in [0.5, 0.6) is 5.75 Å². The highest BCUT2D eigenvalue weighted by molar-refractivity contribution is 8.00. The Labute approximate surface area is 204 Å². The van der Waals surface area contributed by atoms with E-state index in [9.17, 15) is 4.79 Å². The van der Waals surface area contributed by atoms with E-state index in [4.69, 9.17) is 15.8 Å². The molecule has 8 nitrogen and oxygen atoms in total. The quantitative estimate of drug-likeness (QED) is 0.339. The molecule has 1 heterocycles. The number of carbonyl (C=O) groups is 1. The van der Waals surface area contributed by atoms with Crippen LogP contribution in [-0.4, -0.2) is 32.6 Å². The zero-order valence-electron chi connectivity index (χ0n) is 19.9. The van der Waals surface area contributed by atoms with Crippen molar-refractivity contribution in [3.05, 3.63) is 65.5 Å². The van der Waals surface area contributed by atoms with Gasteiger partial charge in [-0.2, -0.15) is 5.26 Å². The number of carbonyl (C=O) groups excluding carboxylic acids is 1. The third-order valence-electron chi connectivity index (χ3n) is 5.29. The third kappa shape index (κ3) is 6.08. The Kier molecular flexibility index (Phi) is 8.55. The van der Waals surface area contributed by atoms with E-state index in [1.165, 1.54) is 16.4 Å². The molecule has 2 N–H and O–H groups in total. The summed E-state index contributed by atoms with van der Waals surface area (Å²) in [4.78, 5) is 14.8. The Morgan fingerprint density at radius 2 is 1.94 bits per heavy atom. The number of ether oxygens (including phenoxy) is 1. The first-order chi connectivity index (χ1) is 16.3. The average Bonchev–Trinajstić information content (AvgIpc) is 3.17. The molecular weight excluding hydrogens is 448 g/mol. The summed E-state index contributed by atoms with van der Waals surface area (Å²) in [6.45, 7) is 8.52. The fourth-order valence-electron chi connectivity index (χ4n) is 3.44. The van der Waals surface area contributed by atoms with Crippen LogP contribution in [0.1, 0.15) is 50.1 Å². The van der Waals surface area contributed by atoms with Gasteiger partial charge >= 0.3 is 0 Å². The van der Waals surface area contributed by atoms with Gasteiger partial charge in [-0.05, 0) is 49.1 Å². The van der Waals surface area contributed by atoms with Gasteiger partial charge < -0.3 is 15.5 Å². The number of thioether (sulfide) groups is 1. The predicted octanol–water partition coefficient (Wildman–Crippen LogP) is 4.43. The minimum atomic E-state index is -0.483. The largest absolute Gasteiger partial charge is 0.485 e. The van der Waals surface area contributed by atoms with Crippen LogP contribution in [0.2, 0.25) is 0 Å². The van der Waals surface area contributed by atoms with Crippen LogP contribution in [0.15, 0.2) is 53.7 Å². The number of amides is 1. The monoisotopic (exact) mass is 478 g/mol. The fourth-order valence-corrected chi connectivity index (χ4v) is 4.29. The van der Waals surface area contributed by atoms with Gasteiger partial charge in [0.2, 0.25) is 11.1 Å². The maximum absolute atomic E-state index is 13.2. The lowest BCUT2D eigenvalue weighted by atomic mass is 10.0. The Balaban J connectivity index is 1.70.